The van der Waals surface area contributed by atoms with Gasteiger partial charge in [-0.15, -0.1) is 0 Å². The summed E-state index contributed by atoms with van der Waals surface area (Å²) < 4.78 is 24.0. The van der Waals surface area contributed by atoms with Gasteiger partial charge in [0.1, 0.15) is 18.2 Å². The predicted octanol–water partition coefficient (Wildman–Crippen LogP) is 5.40. The molecule has 0 bridgehead atoms. The van der Waals surface area contributed by atoms with Gasteiger partial charge < -0.3 is 9.47 Å². The molecule has 3 aromatic carbocycles. The van der Waals surface area contributed by atoms with Crippen LogP contribution in [0, 0.1) is 5.82 Å². The first kappa shape index (κ1) is 18.9. The van der Waals surface area contributed by atoms with E-state index >= 15 is 0 Å². The third-order valence-corrected chi connectivity index (χ3v) is 4.44. The molecule has 0 radical (unpaired) electrons. The number of hydrogen-bond acceptors (Lipinski definition) is 4. The van der Waals surface area contributed by atoms with Gasteiger partial charge in [-0.1, -0.05) is 35.9 Å². The Bertz CT molecular complexity index is 1110. The first-order chi connectivity index (χ1) is 14.1. The van der Waals surface area contributed by atoms with Crippen LogP contribution in [0.1, 0.15) is 16.7 Å². The molecule has 0 spiro atoms. The molecule has 1 aliphatic rings. The highest BCUT2D eigenvalue weighted by Crippen LogP contribution is 2.22. The Kier molecular flexibility index (Phi) is 5.40. The van der Waals surface area contributed by atoms with Crippen molar-refractivity contribution in [2.24, 2.45) is 4.99 Å². The Labute approximate surface area is 171 Å². The van der Waals surface area contributed by atoms with Gasteiger partial charge in [-0.2, -0.15) is 0 Å². The van der Waals surface area contributed by atoms with Crippen LogP contribution < -0.4 is 4.74 Å². The minimum absolute atomic E-state index is 0.200. The molecule has 0 fully saturated rings. The molecule has 0 unspecified atom stereocenters. The highest BCUT2D eigenvalue weighted by atomic mass is 35.5. The van der Waals surface area contributed by atoms with Crippen molar-refractivity contribution in [3.63, 3.8) is 0 Å². The van der Waals surface area contributed by atoms with Crippen molar-refractivity contribution in [2.75, 3.05) is 0 Å². The maximum absolute atomic E-state index is 13.0. The molecule has 144 valence electrons. The molecule has 29 heavy (non-hydrogen) atoms. The molecule has 4 nitrogen and oxygen atoms in total. The summed E-state index contributed by atoms with van der Waals surface area (Å²) in [6.45, 7) is 0.307. The van der Waals surface area contributed by atoms with Crippen LogP contribution in [0.4, 0.5) is 4.39 Å². The second-order valence-electron chi connectivity index (χ2n) is 6.33. The molecular weight excluding hydrogens is 393 g/mol. The van der Waals surface area contributed by atoms with Gasteiger partial charge in [0.2, 0.25) is 5.90 Å². The first-order valence-corrected chi connectivity index (χ1v) is 9.20. The number of esters is 1. The molecule has 0 saturated carbocycles. The van der Waals surface area contributed by atoms with Crippen LogP contribution in [0.2, 0.25) is 5.02 Å². The van der Waals surface area contributed by atoms with Crippen LogP contribution in [-0.2, 0) is 16.1 Å². The van der Waals surface area contributed by atoms with Crippen molar-refractivity contribution in [3.05, 3.63) is 106 Å². The number of hydrogen-bond donors (Lipinski definition) is 0. The van der Waals surface area contributed by atoms with Gasteiger partial charge >= 0.3 is 5.97 Å². The SMILES string of the molecule is O=C1OC(c2ccc(Cl)cc2)=N/C1=C\c1cccc(OCc2ccc(F)cc2)c1. The lowest BCUT2D eigenvalue weighted by Gasteiger charge is -2.07. The lowest BCUT2D eigenvalue weighted by Crippen LogP contribution is -2.05. The van der Waals surface area contributed by atoms with E-state index in [0.29, 0.717) is 22.9 Å². The molecule has 0 saturated heterocycles. The normalized spacial score (nSPS) is 14.6. The molecular formula is C23H15ClFNO3. The van der Waals surface area contributed by atoms with E-state index in [4.69, 9.17) is 21.1 Å². The highest BCUT2D eigenvalue weighted by Gasteiger charge is 2.24. The van der Waals surface area contributed by atoms with Crippen LogP contribution in [0.25, 0.3) is 6.08 Å². The van der Waals surface area contributed by atoms with Crippen molar-refractivity contribution in [1.82, 2.24) is 0 Å². The smallest absolute Gasteiger partial charge is 0.363 e. The average molecular weight is 408 g/mol. The third kappa shape index (κ3) is 4.70. The summed E-state index contributed by atoms with van der Waals surface area (Å²) >= 11 is 5.88. The molecule has 3 aromatic rings. The lowest BCUT2D eigenvalue weighted by molar-refractivity contribution is -0.129. The van der Waals surface area contributed by atoms with E-state index in [9.17, 15) is 9.18 Å². The number of cyclic esters (lactones) is 1. The zero-order valence-electron chi connectivity index (χ0n) is 15.1. The summed E-state index contributed by atoms with van der Waals surface area (Å²) in [6, 6.07) is 20.3. The Morgan fingerprint density at radius 2 is 1.79 bits per heavy atom. The third-order valence-electron chi connectivity index (χ3n) is 4.19. The number of benzene rings is 3. The first-order valence-electron chi connectivity index (χ1n) is 8.83. The van der Waals surface area contributed by atoms with Crippen molar-refractivity contribution in [2.45, 2.75) is 6.61 Å². The van der Waals surface area contributed by atoms with Gasteiger partial charge in [-0.25, -0.2) is 14.2 Å². The van der Waals surface area contributed by atoms with Crippen molar-refractivity contribution in [1.29, 1.82) is 0 Å². The van der Waals surface area contributed by atoms with Gasteiger partial charge in [0, 0.05) is 10.6 Å². The van der Waals surface area contributed by atoms with E-state index in [2.05, 4.69) is 4.99 Å². The Balaban J connectivity index is 1.50. The zero-order chi connectivity index (χ0) is 20.2. The topological polar surface area (TPSA) is 47.9 Å². The fourth-order valence-electron chi connectivity index (χ4n) is 2.72. The van der Waals surface area contributed by atoms with E-state index in [1.165, 1.54) is 12.1 Å². The van der Waals surface area contributed by atoms with Crippen LogP contribution in [-0.4, -0.2) is 11.9 Å². The van der Waals surface area contributed by atoms with Crippen LogP contribution >= 0.6 is 11.6 Å². The predicted molar refractivity (Wildman–Crippen MR) is 109 cm³/mol. The van der Waals surface area contributed by atoms with Crippen LogP contribution in [0.5, 0.6) is 5.75 Å². The average Bonchev–Trinajstić information content (AvgIpc) is 3.09. The van der Waals surface area contributed by atoms with Gasteiger partial charge in [0.25, 0.3) is 0 Å². The van der Waals surface area contributed by atoms with Crippen molar-refractivity contribution in [3.8, 4) is 5.75 Å². The second-order valence-corrected chi connectivity index (χ2v) is 6.77. The van der Waals surface area contributed by atoms with Gasteiger partial charge in [0.15, 0.2) is 5.70 Å². The van der Waals surface area contributed by atoms with Crippen LogP contribution in [0.3, 0.4) is 0 Å². The van der Waals surface area contributed by atoms with Gasteiger partial charge in [-0.05, 0) is 65.7 Å². The van der Waals surface area contributed by atoms with Gasteiger partial charge in [0.05, 0.1) is 0 Å². The monoisotopic (exact) mass is 407 g/mol. The number of aliphatic imine (C=N–C) groups is 1. The largest absolute Gasteiger partial charge is 0.489 e. The van der Waals surface area contributed by atoms with Crippen LogP contribution in [0.15, 0.2) is 83.5 Å². The van der Waals surface area contributed by atoms with E-state index < -0.39 is 5.97 Å². The van der Waals surface area contributed by atoms with E-state index in [-0.39, 0.29) is 17.4 Å². The number of nitrogens with zero attached hydrogens (tertiary/aromatic N) is 1. The maximum Gasteiger partial charge on any atom is 0.363 e. The Hall–Kier alpha value is -3.44. The molecule has 0 amide bonds. The van der Waals surface area contributed by atoms with E-state index in [0.717, 1.165) is 11.1 Å². The number of halogens is 2. The summed E-state index contributed by atoms with van der Waals surface area (Å²) in [6.07, 6.45) is 1.63. The summed E-state index contributed by atoms with van der Waals surface area (Å²) in [5, 5.41) is 0.590. The molecule has 4 rings (SSSR count). The number of rotatable bonds is 5. The van der Waals surface area contributed by atoms with Gasteiger partial charge in [-0.3, -0.25) is 0 Å². The molecule has 6 heteroatoms. The minimum Gasteiger partial charge on any atom is -0.489 e. The quantitative estimate of drug-likeness (QED) is 0.420. The molecule has 0 atom stereocenters. The van der Waals surface area contributed by atoms with Crippen molar-refractivity contribution < 1.29 is 18.7 Å². The number of carbonyl (C=O) groups is 1. The minimum atomic E-state index is -0.521. The summed E-state index contributed by atoms with van der Waals surface area (Å²) in [7, 11) is 0. The fourth-order valence-corrected chi connectivity index (χ4v) is 2.85. The molecule has 1 aliphatic heterocycles. The second kappa shape index (κ2) is 8.29. The van der Waals surface area contributed by atoms with E-state index in [1.807, 2.05) is 12.1 Å². The maximum atomic E-state index is 13.0. The Morgan fingerprint density at radius 1 is 1.03 bits per heavy atom. The lowest BCUT2D eigenvalue weighted by atomic mass is 10.2. The summed E-state index contributed by atoms with van der Waals surface area (Å²) in [5.41, 5.74) is 2.47. The standard InChI is InChI=1S/C23H15ClFNO3/c24-18-8-6-17(7-9-18)22-26-21(23(27)29-22)13-16-2-1-3-20(12-16)28-14-15-4-10-19(25)11-5-15/h1-13H,14H2/b21-13-. The number of ether oxygens (including phenoxy) is 2. The Morgan fingerprint density at radius 3 is 2.55 bits per heavy atom. The van der Waals surface area contributed by atoms with Crippen molar-refractivity contribution >= 4 is 29.5 Å². The fraction of sp³-hybridized carbons (Fsp3) is 0.0435. The summed E-state index contributed by atoms with van der Waals surface area (Å²) in [5.74, 6) is 0.0514. The van der Waals surface area contributed by atoms with E-state index in [1.54, 1.807) is 54.6 Å². The highest BCUT2D eigenvalue weighted by molar-refractivity contribution is 6.30. The number of carbonyl (C=O) groups excluding carboxylic acids is 1. The molecule has 0 N–H and O–H groups in total. The zero-order valence-corrected chi connectivity index (χ0v) is 15.9. The molecule has 0 aromatic heterocycles. The summed E-state index contributed by atoms with van der Waals surface area (Å²) in [4.78, 5) is 16.4. The molecule has 1 heterocycles. The molecule has 0 aliphatic carbocycles.